The third-order valence-electron chi connectivity index (χ3n) is 1.91. The first-order valence-corrected chi connectivity index (χ1v) is 4.93. The summed E-state index contributed by atoms with van der Waals surface area (Å²) in [5, 5.41) is 0. The van der Waals surface area contributed by atoms with Crippen molar-refractivity contribution in [3.05, 3.63) is 23.8 Å². The summed E-state index contributed by atoms with van der Waals surface area (Å²) < 4.78 is 0. The Balaban J connectivity index is 0.000000531. The predicted octanol–water partition coefficient (Wildman–Crippen LogP) is 1.12. The number of hydrogen-bond acceptors (Lipinski definition) is 4. The molecule has 0 saturated heterocycles. The number of fused-ring (bicyclic) bond motifs is 1. The fourth-order valence-corrected chi connectivity index (χ4v) is 1.29. The fraction of sp³-hybridized carbons (Fsp3) is 0.400. The van der Waals surface area contributed by atoms with Gasteiger partial charge in [0.1, 0.15) is 0 Å². The number of imide groups is 1. The SMILES string of the molecule is CC.CCN1C(=O)c2nccnc2C1=O. The molecule has 0 saturated carbocycles. The van der Waals surface area contributed by atoms with E-state index in [1.54, 1.807) is 6.92 Å². The van der Waals surface area contributed by atoms with Gasteiger partial charge < -0.3 is 0 Å². The zero-order valence-corrected chi connectivity index (χ0v) is 9.02. The number of amides is 2. The summed E-state index contributed by atoms with van der Waals surface area (Å²) in [6.45, 7) is 6.09. The van der Waals surface area contributed by atoms with Crippen molar-refractivity contribution in [2.75, 3.05) is 6.54 Å². The van der Waals surface area contributed by atoms with Crippen molar-refractivity contribution < 1.29 is 9.59 Å². The zero-order valence-electron chi connectivity index (χ0n) is 9.02. The first-order chi connectivity index (χ1) is 7.25. The fourth-order valence-electron chi connectivity index (χ4n) is 1.29. The Bertz CT molecular complexity index is 355. The van der Waals surface area contributed by atoms with Crippen LogP contribution in [0.25, 0.3) is 0 Å². The molecule has 1 aromatic heterocycles. The molecule has 0 bridgehead atoms. The molecule has 0 N–H and O–H groups in total. The number of hydrogen-bond donors (Lipinski definition) is 0. The van der Waals surface area contributed by atoms with Gasteiger partial charge in [-0.2, -0.15) is 0 Å². The summed E-state index contributed by atoms with van der Waals surface area (Å²) in [5.41, 5.74) is 0.323. The molecule has 1 aromatic rings. The predicted molar refractivity (Wildman–Crippen MR) is 54.4 cm³/mol. The Morgan fingerprint density at radius 1 is 1.07 bits per heavy atom. The molecule has 1 aliphatic rings. The molecule has 80 valence electrons. The van der Waals surface area contributed by atoms with E-state index in [9.17, 15) is 9.59 Å². The smallest absolute Gasteiger partial charge is 0.272 e. The van der Waals surface area contributed by atoms with Crippen molar-refractivity contribution in [3.63, 3.8) is 0 Å². The number of carbonyl (C=O) groups is 2. The van der Waals surface area contributed by atoms with E-state index in [-0.39, 0.29) is 23.2 Å². The van der Waals surface area contributed by atoms with Crippen molar-refractivity contribution >= 4 is 11.8 Å². The number of aromatic nitrogens is 2. The Labute approximate surface area is 88.1 Å². The van der Waals surface area contributed by atoms with Crippen molar-refractivity contribution in [2.45, 2.75) is 20.8 Å². The summed E-state index contributed by atoms with van der Waals surface area (Å²) in [4.78, 5) is 31.6. The highest BCUT2D eigenvalue weighted by Gasteiger charge is 2.36. The van der Waals surface area contributed by atoms with Crippen molar-refractivity contribution in [2.24, 2.45) is 0 Å². The van der Waals surface area contributed by atoms with E-state index in [2.05, 4.69) is 9.97 Å². The van der Waals surface area contributed by atoms with Gasteiger partial charge in [0.2, 0.25) is 0 Å². The molecule has 5 heteroatoms. The maximum Gasteiger partial charge on any atom is 0.281 e. The van der Waals surface area contributed by atoms with Gasteiger partial charge in [0.15, 0.2) is 11.4 Å². The van der Waals surface area contributed by atoms with E-state index >= 15 is 0 Å². The number of carbonyl (C=O) groups excluding carboxylic acids is 2. The lowest BCUT2D eigenvalue weighted by Crippen LogP contribution is -2.29. The van der Waals surface area contributed by atoms with Crippen LogP contribution >= 0.6 is 0 Å². The van der Waals surface area contributed by atoms with Gasteiger partial charge >= 0.3 is 0 Å². The molecule has 2 amide bonds. The molecule has 15 heavy (non-hydrogen) atoms. The van der Waals surface area contributed by atoms with Gasteiger partial charge in [-0.25, -0.2) is 9.97 Å². The van der Waals surface area contributed by atoms with E-state index in [0.717, 1.165) is 4.90 Å². The van der Waals surface area contributed by atoms with Gasteiger partial charge in [-0.1, -0.05) is 13.8 Å². The van der Waals surface area contributed by atoms with Crippen molar-refractivity contribution in [1.82, 2.24) is 14.9 Å². The molecule has 0 radical (unpaired) electrons. The van der Waals surface area contributed by atoms with Crippen LogP contribution in [0.4, 0.5) is 0 Å². The normalized spacial score (nSPS) is 13.4. The lowest BCUT2D eigenvalue weighted by atomic mass is 10.3. The molecule has 0 spiro atoms. The summed E-state index contributed by atoms with van der Waals surface area (Å²) in [5.74, 6) is -0.703. The van der Waals surface area contributed by atoms with Gasteiger partial charge in [-0.15, -0.1) is 0 Å². The summed E-state index contributed by atoms with van der Waals surface area (Å²) in [6.07, 6.45) is 2.81. The Hall–Kier alpha value is -1.78. The first kappa shape index (κ1) is 11.3. The molecule has 0 aromatic carbocycles. The van der Waals surface area contributed by atoms with Crippen LogP contribution in [-0.2, 0) is 0 Å². The van der Waals surface area contributed by atoms with Crippen LogP contribution in [-0.4, -0.2) is 33.2 Å². The molecule has 5 nitrogen and oxygen atoms in total. The second kappa shape index (κ2) is 4.63. The maximum atomic E-state index is 11.4. The van der Waals surface area contributed by atoms with E-state index < -0.39 is 0 Å². The van der Waals surface area contributed by atoms with Crippen LogP contribution in [0.2, 0.25) is 0 Å². The maximum absolute atomic E-state index is 11.4. The highest BCUT2D eigenvalue weighted by Crippen LogP contribution is 2.17. The Kier molecular flexibility index (Phi) is 3.49. The summed E-state index contributed by atoms with van der Waals surface area (Å²) in [6, 6.07) is 0. The van der Waals surface area contributed by atoms with Crippen LogP contribution in [0.1, 0.15) is 41.7 Å². The minimum absolute atomic E-state index is 0.161. The highest BCUT2D eigenvalue weighted by molar-refractivity contribution is 6.19. The molecule has 2 rings (SSSR count). The average molecular weight is 207 g/mol. The molecule has 0 aliphatic carbocycles. The minimum atomic E-state index is -0.351. The second-order valence-corrected chi connectivity index (χ2v) is 2.61. The summed E-state index contributed by atoms with van der Waals surface area (Å²) in [7, 11) is 0. The van der Waals surface area contributed by atoms with Crippen molar-refractivity contribution in [3.8, 4) is 0 Å². The van der Waals surface area contributed by atoms with Gasteiger partial charge in [0, 0.05) is 18.9 Å². The van der Waals surface area contributed by atoms with E-state index in [1.165, 1.54) is 12.4 Å². The standard InChI is InChI=1S/C8H7N3O2.C2H6/c1-2-11-7(12)5-6(8(11)13)10-4-3-9-5;1-2/h3-4H,2H2,1H3;1-2H3. The molecular formula is C10H13N3O2. The lowest BCUT2D eigenvalue weighted by molar-refractivity contribution is 0.0659. The lowest BCUT2D eigenvalue weighted by Gasteiger charge is -2.07. The monoisotopic (exact) mass is 207 g/mol. The molecule has 2 heterocycles. The number of nitrogens with zero attached hydrogens (tertiary/aromatic N) is 3. The van der Waals surface area contributed by atoms with Crippen LogP contribution in [0.15, 0.2) is 12.4 Å². The van der Waals surface area contributed by atoms with E-state index in [0.29, 0.717) is 6.54 Å². The Morgan fingerprint density at radius 2 is 1.47 bits per heavy atom. The van der Waals surface area contributed by atoms with Gasteiger partial charge in [0.05, 0.1) is 0 Å². The molecule has 0 atom stereocenters. The highest BCUT2D eigenvalue weighted by atomic mass is 16.2. The molecule has 1 aliphatic heterocycles. The van der Waals surface area contributed by atoms with Gasteiger partial charge in [-0.3, -0.25) is 14.5 Å². The summed E-state index contributed by atoms with van der Waals surface area (Å²) >= 11 is 0. The van der Waals surface area contributed by atoms with Crippen LogP contribution in [0, 0.1) is 0 Å². The third kappa shape index (κ3) is 1.72. The van der Waals surface area contributed by atoms with Gasteiger partial charge in [-0.05, 0) is 6.92 Å². The molecule has 0 unspecified atom stereocenters. The molecule has 0 fully saturated rings. The van der Waals surface area contributed by atoms with Crippen LogP contribution in [0.3, 0.4) is 0 Å². The number of rotatable bonds is 1. The second-order valence-electron chi connectivity index (χ2n) is 2.61. The quantitative estimate of drug-likeness (QED) is 0.647. The van der Waals surface area contributed by atoms with E-state index in [1.807, 2.05) is 13.8 Å². The molecular weight excluding hydrogens is 194 g/mol. The van der Waals surface area contributed by atoms with E-state index in [4.69, 9.17) is 0 Å². The van der Waals surface area contributed by atoms with Crippen molar-refractivity contribution in [1.29, 1.82) is 0 Å². The first-order valence-electron chi connectivity index (χ1n) is 4.93. The minimum Gasteiger partial charge on any atom is -0.272 e. The average Bonchev–Trinajstić information content (AvgIpc) is 2.55. The Morgan fingerprint density at radius 3 is 1.80 bits per heavy atom. The zero-order chi connectivity index (χ0) is 11.4. The largest absolute Gasteiger partial charge is 0.281 e. The third-order valence-corrected chi connectivity index (χ3v) is 1.91. The van der Waals surface area contributed by atoms with Crippen LogP contribution in [0.5, 0.6) is 0 Å². The topological polar surface area (TPSA) is 63.2 Å². The van der Waals surface area contributed by atoms with Gasteiger partial charge in [0.25, 0.3) is 11.8 Å². The van der Waals surface area contributed by atoms with Crippen LogP contribution < -0.4 is 0 Å².